The van der Waals surface area contributed by atoms with Crippen LogP contribution in [-0.4, -0.2) is 36.5 Å². The van der Waals surface area contributed by atoms with Gasteiger partial charge in [-0.15, -0.1) is 35.3 Å². The third-order valence-electron chi connectivity index (χ3n) is 3.40. The van der Waals surface area contributed by atoms with Crippen LogP contribution >= 0.6 is 35.3 Å². The predicted molar refractivity (Wildman–Crippen MR) is 106 cm³/mol. The van der Waals surface area contributed by atoms with Gasteiger partial charge in [0.25, 0.3) is 0 Å². The molecule has 3 N–H and O–H groups in total. The fourth-order valence-corrected chi connectivity index (χ4v) is 2.76. The number of carbonyl (C=O) groups is 1. The lowest BCUT2D eigenvalue weighted by Crippen LogP contribution is -2.37. The molecule has 0 atom stereocenters. The Labute approximate surface area is 159 Å². The number of aryl methyl sites for hydroxylation is 1. The average molecular weight is 451 g/mol. The quantitative estimate of drug-likeness (QED) is 0.245. The van der Waals surface area contributed by atoms with E-state index in [0.29, 0.717) is 19.0 Å². The average Bonchev–Trinajstić information content (AvgIpc) is 3.21. The summed E-state index contributed by atoms with van der Waals surface area (Å²) >= 11 is 1.72. The normalized spacial score (nSPS) is 14.1. The third kappa shape index (κ3) is 7.96. The Morgan fingerprint density at radius 3 is 2.83 bits per heavy atom. The molecule has 2 rings (SSSR count). The molecule has 1 amide bonds. The molecular weight excluding hydrogens is 425 g/mol. The number of thiazole rings is 1. The molecule has 0 aliphatic heterocycles. The van der Waals surface area contributed by atoms with Crippen LogP contribution in [0.5, 0.6) is 0 Å². The lowest BCUT2D eigenvalue weighted by molar-refractivity contribution is -0.121. The second-order valence-electron chi connectivity index (χ2n) is 5.37. The number of aliphatic imine (C=N–C) groups is 1. The zero-order valence-corrected chi connectivity index (χ0v) is 16.9. The number of guanidine groups is 1. The zero-order chi connectivity index (χ0) is 15.8. The van der Waals surface area contributed by atoms with Gasteiger partial charge in [-0.3, -0.25) is 9.79 Å². The van der Waals surface area contributed by atoms with Gasteiger partial charge in [-0.25, -0.2) is 4.98 Å². The maximum Gasteiger partial charge on any atom is 0.220 e. The first kappa shape index (κ1) is 20.1. The first-order valence-electron chi connectivity index (χ1n) is 7.88. The third-order valence-corrected chi connectivity index (χ3v) is 4.54. The predicted octanol–water partition coefficient (Wildman–Crippen LogP) is 2.05. The van der Waals surface area contributed by atoms with Gasteiger partial charge in [0.2, 0.25) is 5.91 Å². The van der Waals surface area contributed by atoms with Crippen molar-refractivity contribution in [1.29, 1.82) is 0 Å². The van der Waals surface area contributed by atoms with Crippen molar-refractivity contribution in [3.05, 3.63) is 16.1 Å². The number of hydrogen-bond donors (Lipinski definition) is 3. The van der Waals surface area contributed by atoms with Gasteiger partial charge in [0, 0.05) is 37.1 Å². The van der Waals surface area contributed by atoms with E-state index in [0.717, 1.165) is 43.2 Å². The lowest BCUT2D eigenvalue weighted by atomic mass is 10.3. The minimum atomic E-state index is 0. The molecule has 1 heterocycles. The summed E-state index contributed by atoms with van der Waals surface area (Å²) in [7, 11) is 1.74. The number of aromatic nitrogens is 1. The Balaban J connectivity index is 0.00000264. The Morgan fingerprint density at radius 1 is 1.43 bits per heavy atom. The van der Waals surface area contributed by atoms with Crippen molar-refractivity contribution in [3.63, 3.8) is 0 Å². The summed E-state index contributed by atoms with van der Waals surface area (Å²) in [5.41, 5.74) is 0. The van der Waals surface area contributed by atoms with Gasteiger partial charge < -0.3 is 16.0 Å². The topological polar surface area (TPSA) is 78.4 Å². The Bertz CT molecular complexity index is 516. The largest absolute Gasteiger partial charge is 0.356 e. The highest BCUT2D eigenvalue weighted by Crippen LogP contribution is 2.18. The molecule has 0 bridgehead atoms. The van der Waals surface area contributed by atoms with Gasteiger partial charge in [-0.2, -0.15) is 0 Å². The molecular formula is C15H26IN5OS. The Hall–Kier alpha value is -0.900. The molecule has 1 aliphatic carbocycles. The number of carbonyl (C=O) groups excluding carboxylic acids is 1. The minimum Gasteiger partial charge on any atom is -0.356 e. The maximum atomic E-state index is 11.6. The Kier molecular flexibility index (Phi) is 9.46. The summed E-state index contributed by atoms with van der Waals surface area (Å²) in [4.78, 5) is 21.4. The molecule has 23 heavy (non-hydrogen) atoms. The molecule has 0 unspecified atom stereocenters. The molecule has 0 radical (unpaired) electrons. The fraction of sp³-hybridized carbons (Fsp3) is 0.667. The molecule has 6 nitrogen and oxygen atoms in total. The van der Waals surface area contributed by atoms with Crippen molar-refractivity contribution in [2.75, 3.05) is 13.6 Å². The minimum absolute atomic E-state index is 0. The van der Waals surface area contributed by atoms with Crippen LogP contribution in [0, 0.1) is 0 Å². The van der Waals surface area contributed by atoms with E-state index in [1.54, 1.807) is 18.4 Å². The van der Waals surface area contributed by atoms with E-state index in [-0.39, 0.29) is 29.9 Å². The second kappa shape index (κ2) is 10.8. The molecule has 0 saturated heterocycles. The van der Waals surface area contributed by atoms with Crippen LogP contribution in [0.2, 0.25) is 0 Å². The van der Waals surface area contributed by atoms with E-state index in [1.165, 1.54) is 4.88 Å². The number of nitrogens with one attached hydrogen (secondary N) is 3. The van der Waals surface area contributed by atoms with Crippen LogP contribution in [0.3, 0.4) is 0 Å². The highest BCUT2D eigenvalue weighted by molar-refractivity contribution is 14.0. The zero-order valence-electron chi connectivity index (χ0n) is 13.7. The first-order chi connectivity index (χ1) is 10.7. The molecule has 1 saturated carbocycles. The van der Waals surface area contributed by atoms with Crippen molar-refractivity contribution >= 4 is 47.2 Å². The van der Waals surface area contributed by atoms with Crippen molar-refractivity contribution in [2.24, 2.45) is 4.99 Å². The fourth-order valence-electron chi connectivity index (χ4n) is 1.96. The molecule has 8 heteroatoms. The molecule has 1 aromatic rings. The summed E-state index contributed by atoms with van der Waals surface area (Å²) in [5.74, 6) is 0.901. The van der Waals surface area contributed by atoms with Gasteiger partial charge in [0.05, 0.1) is 6.54 Å². The molecule has 0 spiro atoms. The molecule has 1 aliphatic rings. The molecule has 130 valence electrons. The van der Waals surface area contributed by atoms with Gasteiger partial charge in [-0.1, -0.05) is 6.92 Å². The van der Waals surface area contributed by atoms with Crippen LogP contribution in [0.4, 0.5) is 0 Å². The smallest absolute Gasteiger partial charge is 0.220 e. The van der Waals surface area contributed by atoms with Crippen molar-refractivity contribution in [2.45, 2.75) is 51.6 Å². The SMILES string of the molecule is CCc1cnc(CNC(=NC)NCCCC(=O)NC2CC2)s1.I. The second-order valence-corrected chi connectivity index (χ2v) is 6.57. The summed E-state index contributed by atoms with van der Waals surface area (Å²) < 4.78 is 0. The number of nitrogens with zero attached hydrogens (tertiary/aromatic N) is 2. The highest BCUT2D eigenvalue weighted by atomic mass is 127. The summed E-state index contributed by atoms with van der Waals surface area (Å²) in [6, 6.07) is 0.446. The standard InChI is InChI=1S/C15H25N5OS.HI/c1-3-12-9-18-14(22-12)10-19-15(16-2)17-8-4-5-13(21)20-11-6-7-11;/h9,11H,3-8,10H2,1-2H3,(H,20,21)(H2,16,17,19);1H. The molecule has 0 aromatic carbocycles. The van der Waals surface area contributed by atoms with Gasteiger partial charge in [0.15, 0.2) is 5.96 Å². The summed E-state index contributed by atoms with van der Waals surface area (Å²) in [6.45, 7) is 3.53. The van der Waals surface area contributed by atoms with Gasteiger partial charge >= 0.3 is 0 Å². The number of rotatable bonds is 8. The van der Waals surface area contributed by atoms with Crippen LogP contribution in [0.1, 0.15) is 42.5 Å². The van der Waals surface area contributed by atoms with Crippen molar-refractivity contribution in [3.8, 4) is 0 Å². The van der Waals surface area contributed by atoms with Gasteiger partial charge in [0.1, 0.15) is 5.01 Å². The van der Waals surface area contributed by atoms with Crippen molar-refractivity contribution < 1.29 is 4.79 Å². The monoisotopic (exact) mass is 451 g/mol. The Morgan fingerprint density at radius 2 is 2.22 bits per heavy atom. The van der Waals surface area contributed by atoms with E-state index in [4.69, 9.17) is 0 Å². The summed E-state index contributed by atoms with van der Waals surface area (Å²) in [6.07, 6.45) is 6.58. The van der Waals surface area contributed by atoms with E-state index in [9.17, 15) is 4.79 Å². The number of amides is 1. The van der Waals surface area contributed by atoms with Gasteiger partial charge in [-0.05, 0) is 25.7 Å². The highest BCUT2D eigenvalue weighted by Gasteiger charge is 2.22. The lowest BCUT2D eigenvalue weighted by Gasteiger charge is -2.10. The van der Waals surface area contributed by atoms with E-state index < -0.39 is 0 Å². The molecule has 1 aromatic heterocycles. The first-order valence-corrected chi connectivity index (χ1v) is 8.70. The van der Waals surface area contributed by atoms with E-state index >= 15 is 0 Å². The summed E-state index contributed by atoms with van der Waals surface area (Å²) in [5, 5.41) is 10.5. The van der Waals surface area contributed by atoms with Crippen LogP contribution in [0.15, 0.2) is 11.2 Å². The van der Waals surface area contributed by atoms with Crippen molar-refractivity contribution in [1.82, 2.24) is 20.9 Å². The molecule has 1 fully saturated rings. The van der Waals surface area contributed by atoms with Crippen LogP contribution in [-0.2, 0) is 17.8 Å². The van der Waals surface area contributed by atoms with E-state index in [2.05, 4.69) is 32.9 Å². The van der Waals surface area contributed by atoms with Crippen LogP contribution in [0.25, 0.3) is 0 Å². The van der Waals surface area contributed by atoms with Crippen LogP contribution < -0.4 is 16.0 Å². The van der Waals surface area contributed by atoms with E-state index in [1.807, 2.05) is 6.20 Å². The number of halogens is 1. The number of hydrogen-bond acceptors (Lipinski definition) is 4. The maximum absolute atomic E-state index is 11.6.